The molecule has 0 fully saturated rings. The number of nitrogens with two attached hydrogens (primary N) is 1. The molecule has 0 bridgehead atoms. The summed E-state index contributed by atoms with van der Waals surface area (Å²) in [5.74, 6) is -0.583. The first-order valence-electron chi connectivity index (χ1n) is 4.82. The van der Waals surface area contributed by atoms with Crippen molar-refractivity contribution < 1.29 is 18.0 Å². The first-order valence-corrected chi connectivity index (χ1v) is 4.82. The summed E-state index contributed by atoms with van der Waals surface area (Å²) >= 11 is 0. The van der Waals surface area contributed by atoms with Gasteiger partial charge in [0.1, 0.15) is 0 Å². The van der Waals surface area contributed by atoms with Crippen LogP contribution in [0.15, 0.2) is 0 Å². The highest BCUT2D eigenvalue weighted by Gasteiger charge is 2.28. The minimum Gasteiger partial charge on any atom is -0.354 e. The van der Waals surface area contributed by atoms with Crippen LogP contribution in [-0.2, 0) is 4.79 Å². The van der Waals surface area contributed by atoms with E-state index in [1.807, 2.05) is 0 Å². The number of hydrogen-bond acceptors (Lipinski definition) is 2. The van der Waals surface area contributed by atoms with Gasteiger partial charge < -0.3 is 11.1 Å². The largest absolute Gasteiger partial charge is 0.389 e. The Morgan fingerprint density at radius 2 is 1.93 bits per heavy atom. The Balaban J connectivity index is 3.74. The van der Waals surface area contributed by atoms with E-state index in [-0.39, 0.29) is 12.1 Å². The zero-order valence-corrected chi connectivity index (χ0v) is 8.90. The van der Waals surface area contributed by atoms with Crippen molar-refractivity contribution in [1.29, 1.82) is 0 Å². The van der Waals surface area contributed by atoms with Gasteiger partial charge in [0.2, 0.25) is 5.91 Å². The fourth-order valence-corrected chi connectivity index (χ4v) is 1.22. The van der Waals surface area contributed by atoms with Crippen molar-refractivity contribution >= 4 is 5.91 Å². The number of alkyl halides is 3. The van der Waals surface area contributed by atoms with Crippen LogP contribution >= 0.6 is 0 Å². The Labute approximate surface area is 87.2 Å². The van der Waals surface area contributed by atoms with Crippen LogP contribution in [0.25, 0.3) is 0 Å². The molecule has 0 aromatic rings. The average Bonchev–Trinajstić information content (AvgIpc) is 1.97. The van der Waals surface area contributed by atoms with Crippen molar-refractivity contribution in [2.45, 2.75) is 51.4 Å². The molecule has 1 amide bonds. The number of hydrogen-bond donors (Lipinski definition) is 2. The maximum absolute atomic E-state index is 11.8. The van der Waals surface area contributed by atoms with Gasteiger partial charge in [0.15, 0.2) is 0 Å². The monoisotopic (exact) mass is 226 g/mol. The Morgan fingerprint density at radius 1 is 1.40 bits per heavy atom. The molecular formula is C9H17F3N2O. The van der Waals surface area contributed by atoms with Crippen LogP contribution in [0.1, 0.15) is 33.1 Å². The van der Waals surface area contributed by atoms with E-state index in [1.54, 1.807) is 13.8 Å². The fourth-order valence-electron chi connectivity index (χ4n) is 1.22. The summed E-state index contributed by atoms with van der Waals surface area (Å²) in [6.07, 6.45) is -5.32. The molecule has 3 nitrogen and oxygen atoms in total. The van der Waals surface area contributed by atoms with Crippen LogP contribution in [0.2, 0.25) is 0 Å². The van der Waals surface area contributed by atoms with Crippen molar-refractivity contribution in [3.63, 3.8) is 0 Å². The fraction of sp³-hybridized carbons (Fsp3) is 0.889. The molecule has 0 heterocycles. The summed E-state index contributed by atoms with van der Waals surface area (Å²) in [4.78, 5) is 11.0. The quantitative estimate of drug-likeness (QED) is 0.747. The molecule has 0 radical (unpaired) electrons. The van der Waals surface area contributed by atoms with E-state index in [0.717, 1.165) is 0 Å². The molecule has 0 saturated heterocycles. The summed E-state index contributed by atoms with van der Waals surface area (Å²) in [5.41, 5.74) is 5.48. The lowest BCUT2D eigenvalue weighted by molar-refractivity contribution is -0.144. The Hall–Kier alpha value is -0.780. The van der Waals surface area contributed by atoms with Crippen molar-refractivity contribution in [2.24, 2.45) is 5.73 Å². The van der Waals surface area contributed by atoms with E-state index in [4.69, 9.17) is 5.73 Å². The van der Waals surface area contributed by atoms with E-state index >= 15 is 0 Å². The molecule has 0 aromatic carbocycles. The van der Waals surface area contributed by atoms with E-state index < -0.39 is 24.9 Å². The minimum absolute atomic E-state index is 0.0806. The van der Waals surface area contributed by atoms with Gasteiger partial charge in [-0.05, 0) is 20.3 Å². The number of carbonyl (C=O) groups is 1. The second kappa shape index (κ2) is 5.95. The zero-order valence-electron chi connectivity index (χ0n) is 8.90. The van der Waals surface area contributed by atoms with E-state index in [2.05, 4.69) is 5.32 Å². The lowest BCUT2D eigenvalue weighted by atomic mass is 10.1. The molecule has 6 heteroatoms. The van der Waals surface area contributed by atoms with E-state index in [1.165, 1.54) is 0 Å². The molecule has 15 heavy (non-hydrogen) atoms. The minimum atomic E-state index is -4.28. The first-order chi connectivity index (χ1) is 6.70. The van der Waals surface area contributed by atoms with Crippen LogP contribution in [0.4, 0.5) is 13.2 Å². The van der Waals surface area contributed by atoms with Crippen molar-refractivity contribution in [2.75, 3.05) is 0 Å². The highest BCUT2D eigenvalue weighted by molar-refractivity contribution is 5.76. The van der Waals surface area contributed by atoms with Crippen molar-refractivity contribution in [3.8, 4) is 0 Å². The number of amides is 1. The third-order valence-electron chi connectivity index (χ3n) is 1.77. The SMILES string of the molecule is CC(N)CC(C)NC(=O)CCC(F)(F)F. The lowest BCUT2D eigenvalue weighted by Crippen LogP contribution is -2.36. The summed E-state index contributed by atoms with van der Waals surface area (Å²) < 4.78 is 35.3. The van der Waals surface area contributed by atoms with Crippen LogP contribution in [0, 0.1) is 0 Å². The van der Waals surface area contributed by atoms with Crippen LogP contribution in [0.5, 0.6) is 0 Å². The number of carbonyl (C=O) groups excluding carboxylic acids is 1. The molecule has 0 spiro atoms. The summed E-state index contributed by atoms with van der Waals surface area (Å²) in [6.45, 7) is 3.49. The standard InChI is InChI=1S/C9H17F3N2O/c1-6(13)5-7(2)14-8(15)3-4-9(10,11)12/h6-7H,3-5,13H2,1-2H3,(H,14,15). The highest BCUT2D eigenvalue weighted by atomic mass is 19.4. The molecule has 90 valence electrons. The van der Waals surface area contributed by atoms with Gasteiger partial charge in [0.25, 0.3) is 0 Å². The number of halogens is 3. The topological polar surface area (TPSA) is 55.1 Å². The Kier molecular flexibility index (Phi) is 5.64. The molecule has 0 aliphatic carbocycles. The van der Waals surface area contributed by atoms with E-state index in [0.29, 0.717) is 6.42 Å². The molecule has 3 N–H and O–H groups in total. The van der Waals surface area contributed by atoms with Gasteiger partial charge in [-0.1, -0.05) is 0 Å². The van der Waals surface area contributed by atoms with Gasteiger partial charge in [0.05, 0.1) is 6.42 Å². The smallest absolute Gasteiger partial charge is 0.354 e. The maximum Gasteiger partial charge on any atom is 0.389 e. The first kappa shape index (κ1) is 14.2. The Morgan fingerprint density at radius 3 is 2.33 bits per heavy atom. The molecule has 2 atom stereocenters. The van der Waals surface area contributed by atoms with Gasteiger partial charge in [-0.25, -0.2) is 0 Å². The summed E-state index contributed by atoms with van der Waals surface area (Å²) in [7, 11) is 0. The number of rotatable bonds is 5. The Bertz CT molecular complexity index is 204. The van der Waals surface area contributed by atoms with Crippen LogP contribution in [-0.4, -0.2) is 24.2 Å². The van der Waals surface area contributed by atoms with Crippen LogP contribution in [0.3, 0.4) is 0 Å². The molecule has 0 aliphatic heterocycles. The zero-order chi connectivity index (χ0) is 12.1. The van der Waals surface area contributed by atoms with Gasteiger partial charge >= 0.3 is 6.18 Å². The molecule has 0 rings (SSSR count). The van der Waals surface area contributed by atoms with Gasteiger partial charge in [-0.15, -0.1) is 0 Å². The molecule has 0 aliphatic rings. The third-order valence-corrected chi connectivity index (χ3v) is 1.77. The molecule has 0 saturated carbocycles. The van der Waals surface area contributed by atoms with Crippen molar-refractivity contribution in [1.82, 2.24) is 5.32 Å². The molecular weight excluding hydrogens is 209 g/mol. The van der Waals surface area contributed by atoms with Gasteiger partial charge in [-0.3, -0.25) is 4.79 Å². The second-order valence-corrected chi connectivity index (χ2v) is 3.80. The summed E-state index contributed by atoms with van der Waals surface area (Å²) in [5, 5.41) is 2.46. The third kappa shape index (κ3) is 9.52. The van der Waals surface area contributed by atoms with Crippen LogP contribution < -0.4 is 11.1 Å². The van der Waals surface area contributed by atoms with Gasteiger partial charge in [-0.2, -0.15) is 13.2 Å². The predicted octanol–water partition coefficient (Wildman–Crippen LogP) is 1.57. The normalized spacial score (nSPS) is 15.9. The predicted molar refractivity (Wildman–Crippen MR) is 51.2 cm³/mol. The van der Waals surface area contributed by atoms with E-state index in [9.17, 15) is 18.0 Å². The van der Waals surface area contributed by atoms with Gasteiger partial charge in [0, 0.05) is 18.5 Å². The summed E-state index contributed by atoms with van der Waals surface area (Å²) in [6, 6.07) is -0.270. The maximum atomic E-state index is 11.8. The van der Waals surface area contributed by atoms with Crippen molar-refractivity contribution in [3.05, 3.63) is 0 Å². The molecule has 0 aromatic heterocycles. The molecule has 2 unspecified atom stereocenters. The second-order valence-electron chi connectivity index (χ2n) is 3.80. The lowest BCUT2D eigenvalue weighted by Gasteiger charge is -2.16. The highest BCUT2D eigenvalue weighted by Crippen LogP contribution is 2.21. The average molecular weight is 226 g/mol. The number of nitrogens with one attached hydrogen (secondary N) is 1.